The molecule has 0 bridgehead atoms. The number of nitrogens with zero attached hydrogens (tertiary/aromatic N) is 1. The third-order valence-electron chi connectivity index (χ3n) is 4.00. The Morgan fingerprint density at radius 3 is 2.30 bits per heavy atom. The molecular weight excluding hydrogens is 298 g/mol. The average molecular weight is 327 g/mol. The Morgan fingerprint density at radius 2 is 1.78 bits per heavy atom. The second kappa shape index (κ2) is 9.50. The number of nitrogens with one attached hydrogen (secondary N) is 2. The van der Waals surface area contributed by atoms with Gasteiger partial charge < -0.3 is 15.7 Å². The first-order valence-corrected chi connectivity index (χ1v) is 8.36. The lowest BCUT2D eigenvalue weighted by Gasteiger charge is -2.42. The van der Waals surface area contributed by atoms with E-state index in [1.165, 1.54) is 0 Å². The highest BCUT2D eigenvalue weighted by molar-refractivity contribution is 5.79. The van der Waals surface area contributed by atoms with Crippen LogP contribution in [0.3, 0.4) is 0 Å². The fourth-order valence-electron chi connectivity index (χ4n) is 2.78. The highest BCUT2D eigenvalue weighted by Crippen LogP contribution is 2.25. The molecule has 0 aromatic carbocycles. The third-order valence-corrected chi connectivity index (χ3v) is 4.00. The summed E-state index contributed by atoms with van der Waals surface area (Å²) >= 11 is 0. The van der Waals surface area contributed by atoms with Gasteiger partial charge in [-0.3, -0.25) is 19.3 Å². The molecule has 1 saturated carbocycles. The molecule has 0 aromatic rings. The van der Waals surface area contributed by atoms with E-state index in [2.05, 4.69) is 10.6 Å². The van der Waals surface area contributed by atoms with Gasteiger partial charge in [-0.25, -0.2) is 0 Å². The van der Waals surface area contributed by atoms with Crippen LogP contribution in [0.5, 0.6) is 0 Å². The first-order valence-electron chi connectivity index (χ1n) is 8.36. The van der Waals surface area contributed by atoms with Crippen LogP contribution in [0.4, 0.5) is 0 Å². The van der Waals surface area contributed by atoms with Crippen LogP contribution in [-0.4, -0.2) is 59.0 Å². The average Bonchev–Trinajstić information content (AvgIpc) is 2.39. The van der Waals surface area contributed by atoms with E-state index in [4.69, 9.17) is 5.11 Å². The van der Waals surface area contributed by atoms with E-state index >= 15 is 0 Å². The van der Waals surface area contributed by atoms with Crippen LogP contribution in [0, 0.1) is 0 Å². The van der Waals surface area contributed by atoms with Gasteiger partial charge in [-0.15, -0.1) is 0 Å². The van der Waals surface area contributed by atoms with Crippen molar-refractivity contribution in [1.29, 1.82) is 0 Å². The summed E-state index contributed by atoms with van der Waals surface area (Å²) in [6.07, 6.45) is 2.84. The number of likely N-dealkylation sites (N-methyl/N-ethyl adjacent to an activating group) is 1. The van der Waals surface area contributed by atoms with Gasteiger partial charge in [0.1, 0.15) is 0 Å². The van der Waals surface area contributed by atoms with E-state index in [-0.39, 0.29) is 36.5 Å². The van der Waals surface area contributed by atoms with Gasteiger partial charge in [0.15, 0.2) is 0 Å². The molecule has 132 valence electrons. The summed E-state index contributed by atoms with van der Waals surface area (Å²) in [4.78, 5) is 36.0. The van der Waals surface area contributed by atoms with Crippen LogP contribution in [0.25, 0.3) is 0 Å². The Labute approximate surface area is 137 Å². The minimum Gasteiger partial charge on any atom is -0.480 e. The first kappa shape index (κ1) is 19.4. The molecule has 0 aromatic heterocycles. The quantitative estimate of drug-likeness (QED) is 0.549. The summed E-state index contributed by atoms with van der Waals surface area (Å²) < 4.78 is 0. The van der Waals surface area contributed by atoms with Gasteiger partial charge in [0.2, 0.25) is 11.8 Å². The smallest absolute Gasteiger partial charge is 0.317 e. The number of carboxylic acids is 1. The molecule has 0 heterocycles. The highest BCUT2D eigenvalue weighted by Gasteiger charge is 2.34. The van der Waals surface area contributed by atoms with Crippen LogP contribution in [0.2, 0.25) is 0 Å². The fourth-order valence-corrected chi connectivity index (χ4v) is 2.78. The molecular formula is C16H29N3O4. The van der Waals surface area contributed by atoms with E-state index in [0.717, 1.165) is 12.8 Å². The number of carboxylic acid groups (broad SMARTS) is 1. The predicted molar refractivity (Wildman–Crippen MR) is 87.0 cm³/mol. The van der Waals surface area contributed by atoms with Crippen molar-refractivity contribution in [2.24, 2.45) is 0 Å². The van der Waals surface area contributed by atoms with Crippen LogP contribution >= 0.6 is 0 Å². The molecule has 0 spiro atoms. The number of carbonyl (C=O) groups is 3. The molecule has 1 aliphatic carbocycles. The number of hydrogen-bond acceptors (Lipinski definition) is 4. The van der Waals surface area contributed by atoms with Gasteiger partial charge in [0, 0.05) is 31.0 Å². The number of amides is 2. The van der Waals surface area contributed by atoms with Gasteiger partial charge in [0.05, 0.1) is 6.54 Å². The molecule has 1 rings (SSSR count). The molecule has 7 heteroatoms. The van der Waals surface area contributed by atoms with Crippen molar-refractivity contribution in [3.05, 3.63) is 0 Å². The SMILES string of the molecule is CCN(CC(=O)O)C1CC(NC(=O)CCCC(=O)NC(C)C)C1. The van der Waals surface area contributed by atoms with Crippen molar-refractivity contribution in [3.63, 3.8) is 0 Å². The van der Waals surface area contributed by atoms with E-state index in [1.54, 1.807) is 0 Å². The molecule has 0 aliphatic heterocycles. The van der Waals surface area contributed by atoms with Crippen molar-refractivity contribution < 1.29 is 19.5 Å². The number of hydrogen-bond donors (Lipinski definition) is 3. The predicted octanol–water partition coefficient (Wildman–Crippen LogP) is 0.735. The molecule has 0 unspecified atom stereocenters. The zero-order valence-electron chi connectivity index (χ0n) is 14.3. The second-order valence-electron chi connectivity index (χ2n) is 6.42. The Bertz CT molecular complexity index is 420. The van der Waals surface area contributed by atoms with Gasteiger partial charge in [-0.2, -0.15) is 0 Å². The normalized spacial score (nSPS) is 20.2. The third kappa shape index (κ3) is 7.45. The summed E-state index contributed by atoms with van der Waals surface area (Å²) in [6.45, 7) is 6.50. The molecule has 7 nitrogen and oxygen atoms in total. The summed E-state index contributed by atoms with van der Waals surface area (Å²) in [5, 5.41) is 14.6. The van der Waals surface area contributed by atoms with Gasteiger partial charge in [-0.05, 0) is 39.7 Å². The fraction of sp³-hybridized carbons (Fsp3) is 0.812. The van der Waals surface area contributed by atoms with Crippen LogP contribution in [-0.2, 0) is 14.4 Å². The Morgan fingerprint density at radius 1 is 1.17 bits per heavy atom. The summed E-state index contributed by atoms with van der Waals surface area (Å²) in [6, 6.07) is 0.480. The number of carbonyl (C=O) groups excluding carboxylic acids is 2. The van der Waals surface area contributed by atoms with Crippen molar-refractivity contribution in [1.82, 2.24) is 15.5 Å². The standard InChI is InChI=1S/C16H29N3O4/c1-4-19(10-16(22)23)13-8-12(9-13)18-15(21)7-5-6-14(20)17-11(2)3/h11-13H,4-10H2,1-3H3,(H,17,20)(H,18,21)(H,22,23). The lowest BCUT2D eigenvalue weighted by atomic mass is 9.85. The second-order valence-corrected chi connectivity index (χ2v) is 6.42. The van der Waals surface area contributed by atoms with E-state index < -0.39 is 5.97 Å². The highest BCUT2D eigenvalue weighted by atomic mass is 16.4. The van der Waals surface area contributed by atoms with E-state index in [0.29, 0.717) is 25.8 Å². The van der Waals surface area contributed by atoms with E-state index in [9.17, 15) is 14.4 Å². The maximum atomic E-state index is 11.8. The zero-order chi connectivity index (χ0) is 17.4. The lowest BCUT2D eigenvalue weighted by Crippen LogP contribution is -2.54. The monoisotopic (exact) mass is 327 g/mol. The summed E-state index contributed by atoms with van der Waals surface area (Å²) in [7, 11) is 0. The molecule has 23 heavy (non-hydrogen) atoms. The van der Waals surface area contributed by atoms with Crippen molar-refractivity contribution in [2.75, 3.05) is 13.1 Å². The minimum absolute atomic E-state index is 0.0243. The summed E-state index contributed by atoms with van der Waals surface area (Å²) in [5.74, 6) is -0.880. The van der Waals surface area contributed by atoms with Crippen molar-refractivity contribution in [2.45, 2.75) is 71.0 Å². The first-order chi connectivity index (χ1) is 10.8. The Kier molecular flexibility index (Phi) is 8.02. The minimum atomic E-state index is -0.820. The van der Waals surface area contributed by atoms with Gasteiger partial charge in [0.25, 0.3) is 0 Å². The molecule has 0 saturated heterocycles. The molecule has 3 N–H and O–H groups in total. The molecule has 1 fully saturated rings. The molecule has 1 aliphatic rings. The van der Waals surface area contributed by atoms with Gasteiger partial charge in [-0.1, -0.05) is 6.92 Å². The van der Waals surface area contributed by atoms with Crippen LogP contribution < -0.4 is 10.6 Å². The van der Waals surface area contributed by atoms with Crippen molar-refractivity contribution in [3.8, 4) is 0 Å². The Hall–Kier alpha value is -1.63. The van der Waals surface area contributed by atoms with Gasteiger partial charge >= 0.3 is 5.97 Å². The number of rotatable bonds is 10. The largest absolute Gasteiger partial charge is 0.480 e. The lowest BCUT2D eigenvalue weighted by molar-refractivity contribution is -0.140. The van der Waals surface area contributed by atoms with Crippen LogP contribution in [0.1, 0.15) is 52.9 Å². The zero-order valence-corrected chi connectivity index (χ0v) is 14.3. The van der Waals surface area contributed by atoms with Crippen LogP contribution in [0.15, 0.2) is 0 Å². The molecule has 0 atom stereocenters. The maximum absolute atomic E-state index is 11.8. The summed E-state index contributed by atoms with van der Waals surface area (Å²) in [5.41, 5.74) is 0. The number of aliphatic carboxylic acids is 1. The Balaban J connectivity index is 2.15. The molecule has 0 radical (unpaired) electrons. The topological polar surface area (TPSA) is 98.7 Å². The molecule has 2 amide bonds. The van der Waals surface area contributed by atoms with E-state index in [1.807, 2.05) is 25.7 Å². The maximum Gasteiger partial charge on any atom is 0.317 e. The van der Waals surface area contributed by atoms with Crippen molar-refractivity contribution >= 4 is 17.8 Å².